The minimum absolute atomic E-state index is 0.427. The molecule has 2 atom stereocenters. The molecule has 0 rings (SSSR count). The van der Waals surface area contributed by atoms with Gasteiger partial charge >= 0.3 is 0 Å². The monoisotopic (exact) mass is 392 g/mol. The summed E-state index contributed by atoms with van der Waals surface area (Å²) in [4.78, 5) is 0. The molecule has 0 bridgehead atoms. The van der Waals surface area contributed by atoms with Crippen LogP contribution >= 0.6 is 12.6 Å². The molecule has 0 spiro atoms. The third kappa shape index (κ3) is 13.4. The maximum absolute atomic E-state index is 4.61. The van der Waals surface area contributed by atoms with Crippen molar-refractivity contribution in [3.05, 3.63) is 34.9 Å². The van der Waals surface area contributed by atoms with Gasteiger partial charge in [0.2, 0.25) is 0 Å². The molecule has 0 amide bonds. The highest BCUT2D eigenvalue weighted by atomic mass is 32.1. The molecule has 158 valence electrons. The lowest BCUT2D eigenvalue weighted by molar-refractivity contribution is 0.356. The minimum atomic E-state index is 0.427. The van der Waals surface area contributed by atoms with Crippen molar-refractivity contribution in [1.82, 2.24) is 0 Å². The van der Waals surface area contributed by atoms with Gasteiger partial charge in [0.1, 0.15) is 0 Å². The maximum Gasteiger partial charge on any atom is -0.00322 e. The first-order valence-corrected chi connectivity index (χ1v) is 11.9. The quantitative estimate of drug-likeness (QED) is 0.221. The first kappa shape index (κ1) is 26.6. The summed E-state index contributed by atoms with van der Waals surface area (Å²) >= 11 is 4.61. The van der Waals surface area contributed by atoms with Crippen LogP contribution in [0.1, 0.15) is 107 Å². The first-order valence-electron chi connectivity index (χ1n) is 11.2. The molecule has 0 fully saturated rings. The van der Waals surface area contributed by atoms with Gasteiger partial charge < -0.3 is 0 Å². The zero-order valence-electron chi connectivity index (χ0n) is 19.7. The average molecular weight is 393 g/mol. The summed E-state index contributed by atoms with van der Waals surface area (Å²) in [7, 11) is 0. The van der Waals surface area contributed by atoms with Crippen LogP contribution in [0.5, 0.6) is 0 Å². The van der Waals surface area contributed by atoms with Gasteiger partial charge in [-0.15, -0.1) is 0 Å². The Morgan fingerprint density at radius 2 is 1.48 bits per heavy atom. The molecule has 2 unspecified atom stereocenters. The fourth-order valence-corrected chi connectivity index (χ4v) is 3.64. The summed E-state index contributed by atoms with van der Waals surface area (Å²) in [6.45, 7) is 18.5. The van der Waals surface area contributed by atoms with Crippen LogP contribution in [-0.4, -0.2) is 5.75 Å². The molecule has 0 aromatic carbocycles. The SMILES string of the molecule is CCCC(C)CCC(CS)/C(C)=C/C/C(C)=C/C/C(C)=C/CC(C)(C)CC. The summed E-state index contributed by atoms with van der Waals surface area (Å²) in [5.41, 5.74) is 4.93. The largest absolute Gasteiger partial charge is 0.179 e. The van der Waals surface area contributed by atoms with Crippen molar-refractivity contribution in [2.45, 2.75) is 107 Å². The molecule has 27 heavy (non-hydrogen) atoms. The Morgan fingerprint density at radius 3 is 2.04 bits per heavy atom. The van der Waals surface area contributed by atoms with E-state index in [0.717, 1.165) is 24.5 Å². The molecule has 0 aliphatic heterocycles. The second-order valence-electron chi connectivity index (χ2n) is 9.53. The Labute approximate surface area is 177 Å². The topological polar surface area (TPSA) is 0 Å². The van der Waals surface area contributed by atoms with Crippen molar-refractivity contribution in [2.75, 3.05) is 5.75 Å². The number of hydrogen-bond acceptors (Lipinski definition) is 1. The molecule has 0 heterocycles. The Kier molecular flexibility index (Phi) is 14.3. The lowest BCUT2D eigenvalue weighted by Crippen LogP contribution is -2.07. The van der Waals surface area contributed by atoms with Crippen LogP contribution in [0.4, 0.5) is 0 Å². The van der Waals surface area contributed by atoms with E-state index in [0.29, 0.717) is 11.3 Å². The van der Waals surface area contributed by atoms with E-state index in [-0.39, 0.29) is 0 Å². The van der Waals surface area contributed by atoms with Gasteiger partial charge in [-0.3, -0.25) is 0 Å². The third-order valence-electron chi connectivity index (χ3n) is 6.13. The van der Waals surface area contributed by atoms with Crippen molar-refractivity contribution in [2.24, 2.45) is 17.3 Å². The highest BCUT2D eigenvalue weighted by Gasteiger charge is 2.13. The van der Waals surface area contributed by atoms with E-state index in [2.05, 4.69) is 86.2 Å². The van der Waals surface area contributed by atoms with E-state index in [4.69, 9.17) is 0 Å². The van der Waals surface area contributed by atoms with E-state index in [9.17, 15) is 0 Å². The van der Waals surface area contributed by atoms with E-state index in [1.807, 2.05) is 0 Å². The summed E-state index contributed by atoms with van der Waals surface area (Å²) < 4.78 is 0. The molecular formula is C26H48S. The Balaban J connectivity index is 4.54. The van der Waals surface area contributed by atoms with Crippen molar-refractivity contribution in [3.63, 3.8) is 0 Å². The fraction of sp³-hybridized carbons (Fsp3) is 0.769. The smallest absolute Gasteiger partial charge is 0.00322 e. The summed E-state index contributed by atoms with van der Waals surface area (Å²) in [5, 5.41) is 0. The van der Waals surface area contributed by atoms with Gasteiger partial charge in [-0.1, -0.05) is 95.2 Å². The van der Waals surface area contributed by atoms with Crippen molar-refractivity contribution in [3.8, 4) is 0 Å². The average Bonchev–Trinajstić information content (AvgIpc) is 2.63. The molecule has 0 aliphatic rings. The molecule has 0 radical (unpaired) electrons. The second kappa shape index (κ2) is 14.6. The maximum atomic E-state index is 4.61. The number of allylic oxidation sites excluding steroid dienone is 6. The fourth-order valence-electron chi connectivity index (χ4n) is 3.17. The van der Waals surface area contributed by atoms with Crippen molar-refractivity contribution in [1.29, 1.82) is 0 Å². The molecule has 0 nitrogen and oxygen atoms in total. The van der Waals surface area contributed by atoms with E-state index >= 15 is 0 Å². The van der Waals surface area contributed by atoms with E-state index in [1.165, 1.54) is 55.2 Å². The Bertz CT molecular complexity index is 478. The van der Waals surface area contributed by atoms with Crippen LogP contribution in [0.3, 0.4) is 0 Å². The number of hydrogen-bond donors (Lipinski definition) is 1. The summed E-state index contributed by atoms with van der Waals surface area (Å²) in [5.74, 6) is 2.46. The Hall–Kier alpha value is -0.430. The van der Waals surface area contributed by atoms with Gasteiger partial charge in [0.05, 0.1) is 0 Å². The molecule has 0 saturated carbocycles. The van der Waals surface area contributed by atoms with Gasteiger partial charge in [-0.05, 0) is 69.5 Å². The van der Waals surface area contributed by atoms with Gasteiger partial charge in [-0.25, -0.2) is 0 Å². The predicted octanol–water partition coefficient (Wildman–Crippen LogP) is 9.19. The van der Waals surface area contributed by atoms with Crippen molar-refractivity contribution >= 4 is 12.6 Å². The van der Waals surface area contributed by atoms with Gasteiger partial charge in [0.25, 0.3) is 0 Å². The Morgan fingerprint density at radius 1 is 0.889 bits per heavy atom. The zero-order valence-corrected chi connectivity index (χ0v) is 20.6. The van der Waals surface area contributed by atoms with Gasteiger partial charge in [0.15, 0.2) is 0 Å². The highest BCUT2D eigenvalue weighted by Crippen LogP contribution is 2.26. The lowest BCUT2D eigenvalue weighted by Gasteiger charge is -2.20. The molecule has 0 aliphatic carbocycles. The lowest BCUT2D eigenvalue weighted by atomic mass is 9.85. The minimum Gasteiger partial charge on any atom is -0.179 e. The highest BCUT2D eigenvalue weighted by molar-refractivity contribution is 7.80. The van der Waals surface area contributed by atoms with Crippen LogP contribution in [-0.2, 0) is 0 Å². The van der Waals surface area contributed by atoms with E-state index < -0.39 is 0 Å². The third-order valence-corrected chi connectivity index (χ3v) is 6.57. The molecular weight excluding hydrogens is 344 g/mol. The van der Waals surface area contributed by atoms with Crippen LogP contribution in [0.25, 0.3) is 0 Å². The van der Waals surface area contributed by atoms with Crippen LogP contribution < -0.4 is 0 Å². The van der Waals surface area contributed by atoms with E-state index in [1.54, 1.807) is 0 Å². The number of thiol groups is 1. The van der Waals surface area contributed by atoms with Gasteiger partial charge in [0, 0.05) is 0 Å². The van der Waals surface area contributed by atoms with Crippen molar-refractivity contribution < 1.29 is 0 Å². The second-order valence-corrected chi connectivity index (χ2v) is 9.90. The standard InChI is InChI=1S/C26H48S/c1-9-11-21(3)15-17-25(20-27)24(6)16-14-22(4)12-13-23(5)18-19-26(7,8)10-2/h12,16,18,21,25,27H,9-11,13-15,17,19-20H2,1-8H3/b22-12+,23-18+,24-16+. The normalized spacial score (nSPS) is 16.6. The molecule has 0 aromatic heterocycles. The molecule has 0 N–H and O–H groups in total. The van der Waals surface area contributed by atoms with Gasteiger partial charge in [-0.2, -0.15) is 12.6 Å². The summed E-state index contributed by atoms with van der Waals surface area (Å²) in [6.07, 6.45) is 17.1. The molecule has 1 heteroatoms. The molecule has 0 aromatic rings. The predicted molar refractivity (Wildman–Crippen MR) is 130 cm³/mol. The van der Waals surface area contributed by atoms with Crippen LogP contribution in [0, 0.1) is 17.3 Å². The first-order chi connectivity index (χ1) is 12.6. The van der Waals surface area contributed by atoms with Crippen LogP contribution in [0.15, 0.2) is 34.9 Å². The van der Waals surface area contributed by atoms with Crippen LogP contribution in [0.2, 0.25) is 0 Å². The zero-order chi connectivity index (χ0) is 20.9. The summed E-state index contributed by atoms with van der Waals surface area (Å²) in [6, 6.07) is 0. The number of rotatable bonds is 14. The molecule has 0 saturated heterocycles.